The van der Waals surface area contributed by atoms with E-state index in [1.807, 2.05) is 4.90 Å². The minimum atomic E-state index is -1.24. The number of nitrogens with one attached hydrogen (secondary N) is 2. The van der Waals surface area contributed by atoms with Crippen molar-refractivity contribution in [2.75, 3.05) is 38.5 Å². The van der Waals surface area contributed by atoms with Crippen molar-refractivity contribution in [3.05, 3.63) is 88.7 Å². The Balaban J connectivity index is 1.69. The lowest BCUT2D eigenvalue weighted by atomic mass is 9.87. The average molecular weight is 591 g/mol. The van der Waals surface area contributed by atoms with Crippen LogP contribution in [0.5, 0.6) is 5.88 Å². The van der Waals surface area contributed by atoms with Crippen molar-refractivity contribution >= 4 is 29.4 Å². The van der Waals surface area contributed by atoms with Crippen LogP contribution in [0.2, 0.25) is 0 Å². The van der Waals surface area contributed by atoms with Crippen molar-refractivity contribution in [2.24, 2.45) is 0 Å². The summed E-state index contributed by atoms with van der Waals surface area (Å²) in [5.74, 6) is -4.25. The number of fused-ring (bicyclic) bond motifs is 1. The molecule has 0 radical (unpaired) electrons. The van der Waals surface area contributed by atoms with E-state index in [0.29, 0.717) is 17.1 Å². The van der Waals surface area contributed by atoms with Crippen LogP contribution >= 0.6 is 0 Å². The van der Waals surface area contributed by atoms with E-state index >= 15 is 0 Å². The van der Waals surface area contributed by atoms with Gasteiger partial charge in [0.2, 0.25) is 11.8 Å². The van der Waals surface area contributed by atoms with Crippen LogP contribution in [-0.4, -0.2) is 71.0 Å². The number of nitrogens with zero attached hydrogens (tertiary/aromatic N) is 6. The van der Waals surface area contributed by atoms with E-state index in [1.54, 1.807) is 38.4 Å². The summed E-state index contributed by atoms with van der Waals surface area (Å²) in [5.41, 5.74) is 1.36. The molecule has 1 atom stereocenters. The number of hydrogen-bond donors (Lipinski definition) is 2. The number of aromatic nitrogens is 4. The molecule has 2 N–H and O–H groups in total. The SMILES string of the molecule is CNC(=O)Nc1ccc(-n2nc3c(c2CN(C)C)C(=O)N(c2ccc(OC)nn2)C(=O)C3Cc2c(F)cccc2F)cc1. The van der Waals surface area contributed by atoms with Gasteiger partial charge in [-0.2, -0.15) is 5.10 Å². The van der Waals surface area contributed by atoms with E-state index in [4.69, 9.17) is 9.84 Å². The number of carbonyl (C=O) groups is 3. The molecule has 0 saturated carbocycles. The lowest BCUT2D eigenvalue weighted by Gasteiger charge is -2.29. The minimum absolute atomic E-state index is 0.0753. The molecular weight excluding hydrogens is 562 g/mol. The van der Waals surface area contributed by atoms with Crippen LogP contribution in [0, 0.1) is 11.6 Å². The zero-order valence-electron chi connectivity index (χ0n) is 23.8. The summed E-state index contributed by atoms with van der Waals surface area (Å²) in [6.45, 7) is 0.226. The molecule has 5 rings (SSSR count). The number of carbonyl (C=O) groups excluding carboxylic acids is 3. The standard InChI is InChI=1S/C29H28F2N8O4/c1-32-29(42)33-16-8-10-17(11-9-16)39-22(15-37(2)3)25-26(36-39)19(14-18-20(30)6-5-7-21(18)31)27(40)38(28(25)41)23-12-13-24(43-4)35-34-23/h5-13,19H,14-15H2,1-4H3,(H2,32,33,42). The highest BCUT2D eigenvalue weighted by molar-refractivity contribution is 6.26. The molecule has 1 aliphatic heterocycles. The predicted molar refractivity (Wildman–Crippen MR) is 152 cm³/mol. The molecule has 2 aromatic carbocycles. The van der Waals surface area contributed by atoms with Gasteiger partial charge in [-0.3, -0.25) is 9.59 Å². The summed E-state index contributed by atoms with van der Waals surface area (Å²) < 4.78 is 36.2. The lowest BCUT2D eigenvalue weighted by molar-refractivity contribution is -0.119. The van der Waals surface area contributed by atoms with Gasteiger partial charge in [-0.1, -0.05) is 6.07 Å². The van der Waals surface area contributed by atoms with Crippen molar-refractivity contribution < 1.29 is 27.9 Å². The lowest BCUT2D eigenvalue weighted by Crippen LogP contribution is -2.46. The Hall–Kier alpha value is -5.24. The molecule has 12 nitrogen and oxygen atoms in total. The number of methoxy groups -OCH3 is 1. The van der Waals surface area contributed by atoms with Gasteiger partial charge in [-0.25, -0.2) is 23.2 Å². The van der Waals surface area contributed by atoms with E-state index in [1.165, 1.54) is 37.0 Å². The number of urea groups is 1. The van der Waals surface area contributed by atoms with Gasteiger partial charge in [-0.15, -0.1) is 10.2 Å². The molecule has 4 aromatic rings. The summed E-state index contributed by atoms with van der Waals surface area (Å²) in [7, 11) is 6.50. The van der Waals surface area contributed by atoms with E-state index in [0.717, 1.165) is 17.0 Å². The molecule has 4 amide bonds. The van der Waals surface area contributed by atoms with Crippen LogP contribution in [0.25, 0.3) is 5.69 Å². The quantitative estimate of drug-likeness (QED) is 0.299. The Labute approximate surface area is 245 Å². The molecule has 0 aliphatic carbocycles. The zero-order valence-corrected chi connectivity index (χ0v) is 23.8. The van der Waals surface area contributed by atoms with E-state index < -0.39 is 41.8 Å². The predicted octanol–water partition coefficient (Wildman–Crippen LogP) is 3.28. The maximum absolute atomic E-state index is 14.8. The van der Waals surface area contributed by atoms with Crippen LogP contribution < -0.4 is 20.3 Å². The topological polar surface area (TPSA) is 135 Å². The molecule has 2 aromatic heterocycles. The van der Waals surface area contributed by atoms with Gasteiger partial charge < -0.3 is 20.3 Å². The highest BCUT2D eigenvalue weighted by Crippen LogP contribution is 2.37. The molecule has 0 spiro atoms. The number of ether oxygens (including phenoxy) is 1. The monoisotopic (exact) mass is 590 g/mol. The van der Waals surface area contributed by atoms with Gasteiger partial charge in [0.1, 0.15) is 11.6 Å². The first kappa shape index (κ1) is 29.3. The Kier molecular flexibility index (Phi) is 8.12. The van der Waals surface area contributed by atoms with Gasteiger partial charge in [0.25, 0.3) is 5.91 Å². The summed E-state index contributed by atoms with van der Waals surface area (Å²) in [5, 5.41) is 17.7. The second-order valence-electron chi connectivity index (χ2n) is 9.98. The highest BCUT2D eigenvalue weighted by atomic mass is 19.1. The second kappa shape index (κ2) is 11.9. The molecule has 3 heterocycles. The van der Waals surface area contributed by atoms with Crippen molar-refractivity contribution in [2.45, 2.75) is 18.9 Å². The molecular formula is C29H28F2N8O4. The fraction of sp³-hybridized carbons (Fsp3) is 0.241. The molecule has 1 unspecified atom stereocenters. The normalized spacial score (nSPS) is 14.6. The summed E-state index contributed by atoms with van der Waals surface area (Å²) in [4.78, 5) is 42.5. The fourth-order valence-corrected chi connectivity index (χ4v) is 4.85. The number of amides is 4. The van der Waals surface area contributed by atoms with E-state index in [9.17, 15) is 23.2 Å². The first-order valence-corrected chi connectivity index (χ1v) is 13.2. The Bertz CT molecular complexity index is 1670. The molecule has 0 fully saturated rings. The molecule has 1 aliphatic rings. The van der Waals surface area contributed by atoms with Crippen LogP contribution in [-0.2, 0) is 17.8 Å². The summed E-state index contributed by atoms with van der Waals surface area (Å²) >= 11 is 0. The number of halogens is 2. The van der Waals surface area contributed by atoms with Crippen LogP contribution in [0.3, 0.4) is 0 Å². The largest absolute Gasteiger partial charge is 0.480 e. The molecule has 0 bridgehead atoms. The zero-order chi connectivity index (χ0) is 30.8. The highest BCUT2D eigenvalue weighted by Gasteiger charge is 2.45. The number of hydrogen-bond acceptors (Lipinski definition) is 8. The third-order valence-corrected chi connectivity index (χ3v) is 6.87. The Morgan fingerprint density at radius 2 is 1.72 bits per heavy atom. The summed E-state index contributed by atoms with van der Waals surface area (Å²) in [6.07, 6.45) is -0.398. The minimum Gasteiger partial charge on any atom is -0.480 e. The smallest absolute Gasteiger partial charge is 0.318 e. The first-order valence-electron chi connectivity index (χ1n) is 13.2. The maximum Gasteiger partial charge on any atom is 0.318 e. The second-order valence-corrected chi connectivity index (χ2v) is 9.98. The van der Waals surface area contributed by atoms with Gasteiger partial charge in [-0.05, 0) is 63.0 Å². The van der Waals surface area contributed by atoms with Crippen molar-refractivity contribution in [3.63, 3.8) is 0 Å². The van der Waals surface area contributed by atoms with E-state index in [2.05, 4.69) is 20.8 Å². The maximum atomic E-state index is 14.8. The first-order chi connectivity index (χ1) is 20.6. The number of benzene rings is 2. The van der Waals surface area contributed by atoms with Crippen molar-refractivity contribution in [1.29, 1.82) is 0 Å². The molecule has 222 valence electrons. The van der Waals surface area contributed by atoms with Crippen LogP contribution in [0.1, 0.15) is 33.2 Å². The van der Waals surface area contributed by atoms with Crippen molar-refractivity contribution in [3.8, 4) is 11.6 Å². The van der Waals surface area contributed by atoms with Gasteiger partial charge in [0.05, 0.1) is 35.7 Å². The molecule has 43 heavy (non-hydrogen) atoms. The van der Waals surface area contributed by atoms with Gasteiger partial charge >= 0.3 is 6.03 Å². The van der Waals surface area contributed by atoms with Crippen LogP contribution in [0.4, 0.5) is 25.1 Å². The Morgan fingerprint density at radius 3 is 2.30 bits per heavy atom. The van der Waals surface area contributed by atoms with Gasteiger partial charge in [0, 0.05) is 30.9 Å². The third kappa shape index (κ3) is 5.64. The number of imide groups is 1. The van der Waals surface area contributed by atoms with Gasteiger partial charge in [0.15, 0.2) is 5.82 Å². The molecule has 0 saturated heterocycles. The number of anilines is 2. The fourth-order valence-electron chi connectivity index (χ4n) is 4.85. The van der Waals surface area contributed by atoms with Crippen LogP contribution in [0.15, 0.2) is 54.6 Å². The average Bonchev–Trinajstić information content (AvgIpc) is 3.35. The van der Waals surface area contributed by atoms with E-state index in [-0.39, 0.29) is 35.1 Å². The third-order valence-electron chi connectivity index (χ3n) is 6.87. The molecule has 14 heteroatoms. The Morgan fingerprint density at radius 1 is 1.02 bits per heavy atom. The number of rotatable bonds is 8. The summed E-state index contributed by atoms with van der Waals surface area (Å²) in [6, 6.07) is 12.6. The van der Waals surface area contributed by atoms with Crippen molar-refractivity contribution in [1.82, 2.24) is 30.2 Å².